The molecular formula is C18H27N3O2. The van der Waals surface area contributed by atoms with Gasteiger partial charge in [0.15, 0.2) is 5.96 Å². The zero-order valence-electron chi connectivity index (χ0n) is 14.0. The van der Waals surface area contributed by atoms with E-state index in [-0.39, 0.29) is 0 Å². The van der Waals surface area contributed by atoms with Crippen LogP contribution in [0.2, 0.25) is 0 Å². The van der Waals surface area contributed by atoms with Gasteiger partial charge in [0.2, 0.25) is 0 Å². The van der Waals surface area contributed by atoms with E-state index in [9.17, 15) is 5.11 Å². The van der Waals surface area contributed by atoms with Gasteiger partial charge < -0.3 is 20.5 Å². The van der Waals surface area contributed by atoms with Gasteiger partial charge in [-0.3, -0.25) is 4.99 Å². The molecular weight excluding hydrogens is 290 g/mol. The van der Waals surface area contributed by atoms with Crippen molar-refractivity contribution in [3.8, 4) is 0 Å². The minimum Gasteiger partial charge on any atom is -0.386 e. The Bertz CT molecular complexity index is 544. The van der Waals surface area contributed by atoms with Crippen LogP contribution in [0.25, 0.3) is 0 Å². The van der Waals surface area contributed by atoms with E-state index in [1.54, 1.807) is 0 Å². The average molecular weight is 317 g/mol. The number of hydrogen-bond acceptors (Lipinski definition) is 3. The van der Waals surface area contributed by atoms with Crippen molar-refractivity contribution in [1.29, 1.82) is 0 Å². The second-order valence-corrected chi connectivity index (χ2v) is 6.51. The standard InChI is InChI=1S/C18H27N3O2/c1-3-19-18(21-15-10-14-8-9-17(15)23-14)20-11-16(22)13-6-4-12(2)5-7-13/h4-7,14-17,22H,3,8-11H2,1-2H3,(H2,19,20,21). The normalized spacial score (nSPS) is 28.0. The molecule has 3 rings (SSSR count). The number of aliphatic hydroxyl groups is 1. The Balaban J connectivity index is 1.58. The maximum Gasteiger partial charge on any atom is 0.191 e. The summed E-state index contributed by atoms with van der Waals surface area (Å²) >= 11 is 0. The molecule has 23 heavy (non-hydrogen) atoms. The van der Waals surface area contributed by atoms with Crippen LogP contribution in [0.5, 0.6) is 0 Å². The van der Waals surface area contributed by atoms with Gasteiger partial charge in [0.25, 0.3) is 0 Å². The fourth-order valence-electron chi connectivity index (χ4n) is 3.36. The van der Waals surface area contributed by atoms with Gasteiger partial charge in [0, 0.05) is 6.54 Å². The summed E-state index contributed by atoms with van der Waals surface area (Å²) < 4.78 is 5.88. The first-order valence-corrected chi connectivity index (χ1v) is 8.60. The molecule has 2 saturated heterocycles. The number of ether oxygens (including phenoxy) is 1. The number of aliphatic hydroxyl groups excluding tert-OH is 1. The van der Waals surface area contributed by atoms with Crippen molar-refractivity contribution in [2.24, 2.45) is 4.99 Å². The third-order valence-corrected chi connectivity index (χ3v) is 4.66. The van der Waals surface area contributed by atoms with E-state index < -0.39 is 6.10 Å². The quantitative estimate of drug-likeness (QED) is 0.573. The van der Waals surface area contributed by atoms with Crippen LogP contribution < -0.4 is 10.6 Å². The molecule has 0 radical (unpaired) electrons. The number of hydrogen-bond donors (Lipinski definition) is 3. The molecule has 2 aliphatic rings. The largest absolute Gasteiger partial charge is 0.386 e. The molecule has 126 valence electrons. The summed E-state index contributed by atoms with van der Waals surface area (Å²) in [7, 11) is 0. The Morgan fingerprint density at radius 2 is 2.13 bits per heavy atom. The number of benzene rings is 1. The van der Waals surface area contributed by atoms with Crippen molar-refractivity contribution in [2.75, 3.05) is 13.1 Å². The third-order valence-electron chi connectivity index (χ3n) is 4.66. The molecule has 2 heterocycles. The number of aryl methyl sites for hydroxylation is 1. The highest BCUT2D eigenvalue weighted by molar-refractivity contribution is 5.80. The van der Waals surface area contributed by atoms with E-state index in [1.807, 2.05) is 38.1 Å². The summed E-state index contributed by atoms with van der Waals surface area (Å²) in [5.41, 5.74) is 2.09. The van der Waals surface area contributed by atoms with Crippen molar-refractivity contribution >= 4 is 5.96 Å². The SMILES string of the molecule is CCNC(=NCC(O)c1ccc(C)cc1)NC1CC2CCC1O2. The van der Waals surface area contributed by atoms with Crippen molar-refractivity contribution in [3.05, 3.63) is 35.4 Å². The molecule has 1 aromatic carbocycles. The third kappa shape index (κ3) is 4.03. The molecule has 4 unspecified atom stereocenters. The van der Waals surface area contributed by atoms with Gasteiger partial charge in [-0.2, -0.15) is 0 Å². The molecule has 0 aromatic heterocycles. The van der Waals surface area contributed by atoms with Gasteiger partial charge in [0.1, 0.15) is 0 Å². The lowest BCUT2D eigenvalue weighted by Crippen LogP contribution is -2.47. The molecule has 1 aromatic rings. The zero-order valence-corrected chi connectivity index (χ0v) is 14.0. The average Bonchev–Trinajstić information content (AvgIpc) is 3.16. The molecule has 4 atom stereocenters. The van der Waals surface area contributed by atoms with E-state index in [2.05, 4.69) is 15.6 Å². The molecule has 0 saturated carbocycles. The Morgan fingerprint density at radius 1 is 1.35 bits per heavy atom. The number of nitrogens with zero attached hydrogens (tertiary/aromatic N) is 1. The predicted octanol–water partition coefficient (Wildman–Crippen LogP) is 1.90. The highest BCUT2D eigenvalue weighted by atomic mass is 16.5. The highest BCUT2D eigenvalue weighted by Crippen LogP contribution is 2.34. The lowest BCUT2D eigenvalue weighted by atomic mass is 9.96. The second kappa shape index (κ2) is 7.32. The summed E-state index contributed by atoms with van der Waals surface area (Å²) in [5, 5.41) is 17.0. The van der Waals surface area contributed by atoms with Gasteiger partial charge in [-0.25, -0.2) is 0 Å². The maximum absolute atomic E-state index is 10.3. The van der Waals surface area contributed by atoms with E-state index in [1.165, 1.54) is 12.0 Å². The lowest BCUT2D eigenvalue weighted by molar-refractivity contribution is 0.0992. The first-order valence-electron chi connectivity index (χ1n) is 8.60. The molecule has 3 N–H and O–H groups in total. The Kier molecular flexibility index (Phi) is 5.18. The molecule has 2 fully saturated rings. The fourth-order valence-corrected chi connectivity index (χ4v) is 3.36. The molecule has 0 spiro atoms. The van der Waals surface area contributed by atoms with E-state index in [0.717, 1.165) is 30.9 Å². The van der Waals surface area contributed by atoms with Crippen LogP contribution in [-0.2, 0) is 4.74 Å². The molecule has 2 aliphatic heterocycles. The summed E-state index contributed by atoms with van der Waals surface area (Å²) in [5.74, 6) is 0.764. The van der Waals surface area contributed by atoms with Gasteiger partial charge in [-0.15, -0.1) is 0 Å². The molecule has 2 bridgehead atoms. The summed E-state index contributed by atoms with van der Waals surface area (Å²) in [6.07, 6.45) is 3.51. The van der Waals surface area contributed by atoms with E-state index >= 15 is 0 Å². The first-order chi connectivity index (χ1) is 11.2. The zero-order chi connectivity index (χ0) is 16.2. The molecule has 5 nitrogen and oxygen atoms in total. The Labute approximate surface area is 138 Å². The van der Waals surface area contributed by atoms with Crippen LogP contribution in [-0.4, -0.2) is 42.4 Å². The molecule has 5 heteroatoms. The van der Waals surface area contributed by atoms with Crippen molar-refractivity contribution in [2.45, 2.75) is 57.5 Å². The summed E-state index contributed by atoms with van der Waals surface area (Å²) in [6.45, 7) is 5.23. The van der Waals surface area contributed by atoms with Crippen molar-refractivity contribution in [3.63, 3.8) is 0 Å². The first kappa shape index (κ1) is 16.3. The summed E-state index contributed by atoms with van der Waals surface area (Å²) in [6, 6.07) is 8.28. The number of nitrogens with one attached hydrogen (secondary N) is 2. The number of fused-ring (bicyclic) bond motifs is 2. The van der Waals surface area contributed by atoms with Gasteiger partial charge in [-0.05, 0) is 38.7 Å². The maximum atomic E-state index is 10.3. The van der Waals surface area contributed by atoms with Crippen LogP contribution in [0.15, 0.2) is 29.3 Å². The predicted molar refractivity (Wildman–Crippen MR) is 91.6 cm³/mol. The van der Waals surface area contributed by atoms with Crippen LogP contribution in [0.3, 0.4) is 0 Å². The van der Waals surface area contributed by atoms with Crippen LogP contribution >= 0.6 is 0 Å². The summed E-state index contributed by atoms with van der Waals surface area (Å²) in [4.78, 5) is 4.55. The van der Waals surface area contributed by atoms with Gasteiger partial charge in [0.05, 0.1) is 30.9 Å². The smallest absolute Gasteiger partial charge is 0.191 e. The fraction of sp³-hybridized carbons (Fsp3) is 0.611. The lowest BCUT2D eigenvalue weighted by Gasteiger charge is -2.23. The molecule has 0 aliphatic carbocycles. The molecule has 0 amide bonds. The van der Waals surface area contributed by atoms with Gasteiger partial charge >= 0.3 is 0 Å². The number of rotatable bonds is 5. The van der Waals surface area contributed by atoms with Gasteiger partial charge in [-0.1, -0.05) is 29.8 Å². The van der Waals surface area contributed by atoms with Crippen LogP contribution in [0.4, 0.5) is 0 Å². The minimum absolute atomic E-state index is 0.311. The van der Waals surface area contributed by atoms with E-state index in [4.69, 9.17) is 4.74 Å². The Hall–Kier alpha value is -1.59. The van der Waals surface area contributed by atoms with Crippen molar-refractivity contribution in [1.82, 2.24) is 10.6 Å². The number of aliphatic imine (C=N–C) groups is 1. The Morgan fingerprint density at radius 3 is 2.74 bits per heavy atom. The second-order valence-electron chi connectivity index (χ2n) is 6.51. The highest BCUT2D eigenvalue weighted by Gasteiger charge is 2.41. The van der Waals surface area contributed by atoms with Crippen molar-refractivity contribution < 1.29 is 9.84 Å². The van der Waals surface area contributed by atoms with E-state index in [0.29, 0.717) is 24.8 Å². The minimum atomic E-state index is -0.581. The van der Waals surface area contributed by atoms with Crippen LogP contribution in [0, 0.1) is 6.92 Å². The topological polar surface area (TPSA) is 65.9 Å². The monoisotopic (exact) mass is 317 g/mol. The number of guanidine groups is 1. The van der Waals surface area contributed by atoms with Crippen LogP contribution in [0.1, 0.15) is 43.4 Å².